The Labute approximate surface area is 164 Å². The van der Waals surface area contributed by atoms with Crippen LogP contribution in [0.2, 0.25) is 5.02 Å². The zero-order valence-electron chi connectivity index (χ0n) is 15.2. The van der Waals surface area contributed by atoms with Crippen LogP contribution in [0.1, 0.15) is 18.1 Å². The van der Waals surface area contributed by atoms with E-state index in [1.807, 2.05) is 72.8 Å². The molecule has 0 saturated heterocycles. The summed E-state index contributed by atoms with van der Waals surface area (Å²) >= 11 is 6.43. The highest BCUT2D eigenvalue weighted by atomic mass is 35.5. The average Bonchev–Trinajstić information content (AvgIpc) is 2.68. The molecule has 3 nitrogen and oxygen atoms in total. The van der Waals surface area contributed by atoms with E-state index < -0.39 is 0 Å². The summed E-state index contributed by atoms with van der Waals surface area (Å²) in [5.41, 5.74) is 4.22. The Balaban J connectivity index is 1.85. The van der Waals surface area contributed by atoms with E-state index in [4.69, 9.17) is 16.3 Å². The number of rotatable bonds is 7. The summed E-state index contributed by atoms with van der Waals surface area (Å²) in [4.78, 5) is 11.2. The highest BCUT2D eigenvalue weighted by Gasteiger charge is 2.11. The molecular formula is C23H22ClNO2. The van der Waals surface area contributed by atoms with Crippen molar-refractivity contribution in [2.75, 3.05) is 6.54 Å². The van der Waals surface area contributed by atoms with Crippen LogP contribution in [0.25, 0.3) is 11.1 Å². The average molecular weight is 380 g/mol. The van der Waals surface area contributed by atoms with E-state index in [1.165, 1.54) is 6.92 Å². The summed E-state index contributed by atoms with van der Waals surface area (Å²) in [6.07, 6.45) is 0.721. The van der Waals surface area contributed by atoms with Gasteiger partial charge in [0.25, 0.3) is 0 Å². The summed E-state index contributed by atoms with van der Waals surface area (Å²) in [5.74, 6) is 0.758. The molecule has 0 bridgehead atoms. The predicted octanol–water partition coefficient (Wildman–Crippen LogP) is 5.26. The van der Waals surface area contributed by atoms with Crippen molar-refractivity contribution >= 4 is 17.5 Å². The van der Waals surface area contributed by atoms with Gasteiger partial charge in [-0.1, -0.05) is 66.2 Å². The summed E-state index contributed by atoms with van der Waals surface area (Å²) in [6.45, 7) is 2.61. The van der Waals surface area contributed by atoms with Gasteiger partial charge < -0.3 is 10.1 Å². The van der Waals surface area contributed by atoms with Crippen LogP contribution in [0.15, 0.2) is 72.8 Å². The summed E-state index contributed by atoms with van der Waals surface area (Å²) in [7, 11) is 0. The molecule has 3 aromatic carbocycles. The van der Waals surface area contributed by atoms with Gasteiger partial charge in [-0.2, -0.15) is 0 Å². The first kappa shape index (κ1) is 19.0. The van der Waals surface area contributed by atoms with Gasteiger partial charge in [0.1, 0.15) is 12.4 Å². The minimum atomic E-state index is -0.0305. The first-order valence-corrected chi connectivity index (χ1v) is 9.30. The third-order valence-corrected chi connectivity index (χ3v) is 4.59. The second kappa shape index (κ2) is 9.24. The Morgan fingerprint density at radius 1 is 0.963 bits per heavy atom. The van der Waals surface area contributed by atoms with Crippen LogP contribution < -0.4 is 10.1 Å². The van der Waals surface area contributed by atoms with Crippen LogP contribution in [-0.4, -0.2) is 12.5 Å². The molecule has 0 radical (unpaired) electrons. The molecule has 0 atom stereocenters. The Bertz CT molecular complexity index is 909. The molecule has 4 heteroatoms. The molecule has 1 N–H and O–H groups in total. The number of carbonyl (C=O) groups excluding carboxylic acids is 1. The fourth-order valence-electron chi connectivity index (χ4n) is 2.91. The van der Waals surface area contributed by atoms with Gasteiger partial charge in [-0.3, -0.25) is 4.79 Å². The third kappa shape index (κ3) is 5.35. The minimum absolute atomic E-state index is 0.0305. The predicted molar refractivity (Wildman–Crippen MR) is 110 cm³/mol. The van der Waals surface area contributed by atoms with Crippen molar-refractivity contribution in [2.45, 2.75) is 20.0 Å². The highest BCUT2D eigenvalue weighted by molar-refractivity contribution is 6.33. The quantitative estimate of drug-likeness (QED) is 0.607. The van der Waals surface area contributed by atoms with Crippen molar-refractivity contribution < 1.29 is 9.53 Å². The smallest absolute Gasteiger partial charge is 0.216 e. The Morgan fingerprint density at radius 3 is 2.44 bits per heavy atom. The molecule has 138 valence electrons. The molecule has 3 aromatic rings. The summed E-state index contributed by atoms with van der Waals surface area (Å²) in [5, 5.41) is 3.54. The van der Waals surface area contributed by atoms with Gasteiger partial charge in [0.05, 0.1) is 0 Å². The van der Waals surface area contributed by atoms with Crippen molar-refractivity contribution in [1.82, 2.24) is 5.32 Å². The van der Waals surface area contributed by atoms with E-state index in [9.17, 15) is 4.79 Å². The van der Waals surface area contributed by atoms with Gasteiger partial charge in [0.15, 0.2) is 0 Å². The van der Waals surface area contributed by atoms with Crippen LogP contribution in [0.3, 0.4) is 0 Å². The molecule has 3 rings (SSSR count). The number of ether oxygens (including phenoxy) is 1. The molecule has 0 aliphatic rings. The molecule has 27 heavy (non-hydrogen) atoms. The molecular weight excluding hydrogens is 358 g/mol. The molecule has 0 aromatic heterocycles. The van der Waals surface area contributed by atoms with Crippen molar-refractivity contribution in [3.05, 3.63) is 88.9 Å². The number of benzene rings is 3. The van der Waals surface area contributed by atoms with E-state index >= 15 is 0 Å². The van der Waals surface area contributed by atoms with Gasteiger partial charge in [0.2, 0.25) is 5.91 Å². The van der Waals surface area contributed by atoms with E-state index in [0.29, 0.717) is 18.2 Å². The molecule has 0 unspecified atom stereocenters. The lowest BCUT2D eigenvalue weighted by Crippen LogP contribution is -2.22. The van der Waals surface area contributed by atoms with Gasteiger partial charge in [-0.15, -0.1) is 0 Å². The van der Waals surface area contributed by atoms with E-state index in [2.05, 4.69) is 5.32 Å². The van der Waals surface area contributed by atoms with E-state index in [0.717, 1.165) is 34.4 Å². The van der Waals surface area contributed by atoms with Crippen LogP contribution >= 0.6 is 11.6 Å². The van der Waals surface area contributed by atoms with Gasteiger partial charge in [-0.25, -0.2) is 0 Å². The number of amides is 1. The van der Waals surface area contributed by atoms with Crippen molar-refractivity contribution in [2.24, 2.45) is 0 Å². The Hall–Kier alpha value is -2.78. The number of nitrogens with one attached hydrogen (secondary N) is 1. The zero-order valence-corrected chi connectivity index (χ0v) is 16.0. The van der Waals surface area contributed by atoms with Crippen LogP contribution in [0, 0.1) is 0 Å². The van der Waals surface area contributed by atoms with E-state index in [1.54, 1.807) is 0 Å². The fraction of sp³-hybridized carbons (Fsp3) is 0.174. The Kier molecular flexibility index (Phi) is 6.50. The van der Waals surface area contributed by atoms with E-state index in [-0.39, 0.29) is 5.91 Å². The standard InChI is InChI=1S/C23H22ClNO2/c1-17(26)25-14-13-19-11-12-20(27-16-18-7-3-2-4-8-18)15-22(19)21-9-5-6-10-23(21)24/h2-12,15H,13-14,16H2,1H3,(H,25,26). The zero-order chi connectivity index (χ0) is 19.1. The molecule has 0 aliphatic carbocycles. The first-order chi connectivity index (χ1) is 13.1. The van der Waals surface area contributed by atoms with Crippen LogP contribution in [-0.2, 0) is 17.8 Å². The fourth-order valence-corrected chi connectivity index (χ4v) is 3.15. The maximum atomic E-state index is 11.2. The SMILES string of the molecule is CC(=O)NCCc1ccc(OCc2ccccc2)cc1-c1ccccc1Cl. The lowest BCUT2D eigenvalue weighted by molar-refractivity contribution is -0.118. The van der Waals surface area contributed by atoms with Crippen LogP contribution in [0.4, 0.5) is 0 Å². The highest BCUT2D eigenvalue weighted by Crippen LogP contribution is 2.33. The molecule has 0 spiro atoms. The van der Waals surface area contributed by atoms with Crippen molar-refractivity contribution in [3.8, 4) is 16.9 Å². The van der Waals surface area contributed by atoms with Gasteiger partial charge in [0, 0.05) is 24.1 Å². The lowest BCUT2D eigenvalue weighted by Gasteiger charge is -2.14. The normalized spacial score (nSPS) is 10.4. The van der Waals surface area contributed by atoms with Gasteiger partial charge >= 0.3 is 0 Å². The van der Waals surface area contributed by atoms with Crippen LogP contribution in [0.5, 0.6) is 5.75 Å². The topological polar surface area (TPSA) is 38.3 Å². The monoisotopic (exact) mass is 379 g/mol. The number of halogens is 1. The van der Waals surface area contributed by atoms with Crippen molar-refractivity contribution in [3.63, 3.8) is 0 Å². The molecule has 0 heterocycles. The minimum Gasteiger partial charge on any atom is -0.489 e. The molecule has 0 saturated carbocycles. The largest absolute Gasteiger partial charge is 0.489 e. The number of hydrogen-bond acceptors (Lipinski definition) is 2. The first-order valence-electron chi connectivity index (χ1n) is 8.92. The molecule has 1 amide bonds. The number of hydrogen-bond donors (Lipinski definition) is 1. The maximum absolute atomic E-state index is 11.2. The molecule has 0 fully saturated rings. The van der Waals surface area contributed by atoms with Crippen molar-refractivity contribution in [1.29, 1.82) is 0 Å². The number of carbonyl (C=O) groups is 1. The maximum Gasteiger partial charge on any atom is 0.216 e. The second-order valence-electron chi connectivity index (χ2n) is 6.31. The second-order valence-corrected chi connectivity index (χ2v) is 6.71. The third-order valence-electron chi connectivity index (χ3n) is 4.26. The molecule has 0 aliphatic heterocycles. The summed E-state index contributed by atoms with van der Waals surface area (Å²) in [6, 6.07) is 23.9. The lowest BCUT2D eigenvalue weighted by atomic mass is 9.97. The Morgan fingerprint density at radius 2 is 1.70 bits per heavy atom. The summed E-state index contributed by atoms with van der Waals surface area (Å²) < 4.78 is 5.98. The van der Waals surface area contributed by atoms with Gasteiger partial charge in [-0.05, 0) is 41.3 Å².